The second-order valence-corrected chi connectivity index (χ2v) is 7.98. The number of hydrogen-bond acceptors (Lipinski definition) is 12. The minimum atomic E-state index is -3.58. The largest absolute Gasteiger partial charge is 0.529 e. The molecule has 0 aromatic heterocycles. The van der Waals surface area contributed by atoms with Crippen LogP contribution in [-0.4, -0.2) is 54.6 Å². The van der Waals surface area contributed by atoms with E-state index in [2.05, 4.69) is 27.6 Å². The molecular weight excluding hydrogens is 422 g/mol. The van der Waals surface area contributed by atoms with Crippen LogP contribution in [0.2, 0.25) is 0 Å². The van der Waals surface area contributed by atoms with Crippen molar-refractivity contribution in [2.45, 2.75) is 13.8 Å². The Hall–Kier alpha value is -1.68. The average molecular weight is 448 g/mol. The molecule has 0 unspecified atom stereocenters. The summed E-state index contributed by atoms with van der Waals surface area (Å²) in [5, 5.41) is 0. The number of methoxy groups -OCH3 is 2. The lowest BCUT2D eigenvalue weighted by Crippen LogP contribution is -1.99. The molecule has 0 amide bonds. The Morgan fingerprint density at radius 3 is 1.04 bits per heavy atom. The highest BCUT2D eigenvalue weighted by molar-refractivity contribution is 7.48. The molecule has 0 saturated heterocycles. The Balaban J connectivity index is 0. The maximum absolute atomic E-state index is 11.4. The maximum atomic E-state index is 11.4. The van der Waals surface area contributed by atoms with Gasteiger partial charge in [0.15, 0.2) is 0 Å². The van der Waals surface area contributed by atoms with Crippen molar-refractivity contribution in [1.29, 1.82) is 0 Å². The summed E-state index contributed by atoms with van der Waals surface area (Å²) >= 11 is 0. The van der Waals surface area contributed by atoms with Gasteiger partial charge in [-0.2, -0.15) is 0 Å². The Labute approximate surface area is 163 Å². The van der Waals surface area contributed by atoms with Gasteiger partial charge in [0.05, 0.1) is 26.4 Å². The van der Waals surface area contributed by atoms with Crippen molar-refractivity contribution in [1.82, 2.24) is 0 Å². The molecule has 0 aliphatic rings. The molecule has 0 heterocycles. The minimum Gasteiger partial charge on any atom is -0.466 e. The van der Waals surface area contributed by atoms with Gasteiger partial charge in [-0.25, -0.2) is 18.7 Å². The fourth-order valence-electron chi connectivity index (χ4n) is 1.15. The topological polar surface area (TPSA) is 142 Å². The first-order valence-electron chi connectivity index (χ1n) is 7.29. The average Bonchev–Trinajstić information content (AvgIpc) is 2.67. The predicted octanol–water partition coefficient (Wildman–Crippen LogP) is 2.96. The third kappa shape index (κ3) is 12.7. The van der Waals surface area contributed by atoms with E-state index in [4.69, 9.17) is 9.05 Å². The van der Waals surface area contributed by atoms with Crippen molar-refractivity contribution < 1.29 is 55.3 Å². The van der Waals surface area contributed by atoms with Gasteiger partial charge in [-0.05, 0) is 13.8 Å². The lowest BCUT2D eigenvalue weighted by Gasteiger charge is -2.13. The lowest BCUT2D eigenvalue weighted by atomic mass is 10.5. The summed E-state index contributed by atoms with van der Waals surface area (Å²) in [5.74, 6) is -1.05. The molecule has 0 aliphatic carbocycles. The third-order valence-electron chi connectivity index (χ3n) is 2.45. The summed E-state index contributed by atoms with van der Waals surface area (Å²) < 4.78 is 58.9. The normalized spacial score (nSPS) is 12.4. The Morgan fingerprint density at radius 1 is 0.607 bits per heavy atom. The van der Waals surface area contributed by atoms with Crippen molar-refractivity contribution in [3.63, 3.8) is 0 Å². The molecular formula is C14H26O12P2. The minimum absolute atomic E-state index is 0.0869. The summed E-state index contributed by atoms with van der Waals surface area (Å²) in [5.41, 5.74) is 0. The van der Waals surface area contributed by atoms with E-state index in [1.165, 1.54) is 56.5 Å². The third-order valence-corrected chi connectivity index (χ3v) is 5.26. The number of hydrogen-bond donors (Lipinski definition) is 0. The van der Waals surface area contributed by atoms with Crippen LogP contribution in [0.1, 0.15) is 13.8 Å². The van der Waals surface area contributed by atoms with Crippen LogP contribution in [-0.2, 0) is 55.3 Å². The summed E-state index contributed by atoms with van der Waals surface area (Å²) in [6, 6.07) is 0. The molecule has 0 saturated carbocycles. The van der Waals surface area contributed by atoms with E-state index < -0.39 is 27.6 Å². The number of carbonyl (C=O) groups is 2. The molecule has 0 spiro atoms. The van der Waals surface area contributed by atoms with Crippen LogP contribution >= 0.6 is 15.6 Å². The van der Waals surface area contributed by atoms with Gasteiger partial charge in [0.1, 0.15) is 11.5 Å². The second kappa shape index (κ2) is 14.3. The standard InChI is InChI=1S/2C7H13O6P/c2*1-6(5-7(8)10-2)13-14(9,11-3)12-4/h2*5H,1-4H3/b2*6-5-. The van der Waals surface area contributed by atoms with Crippen LogP contribution in [0.5, 0.6) is 0 Å². The zero-order chi connectivity index (χ0) is 22.4. The van der Waals surface area contributed by atoms with Gasteiger partial charge in [0, 0.05) is 28.4 Å². The summed E-state index contributed by atoms with van der Waals surface area (Å²) in [6.45, 7) is 2.86. The van der Waals surface area contributed by atoms with Crippen LogP contribution in [0.4, 0.5) is 0 Å². The van der Waals surface area contributed by atoms with E-state index in [1.807, 2.05) is 0 Å². The number of phosphoric ester groups is 2. The van der Waals surface area contributed by atoms with E-state index >= 15 is 0 Å². The van der Waals surface area contributed by atoms with E-state index in [-0.39, 0.29) is 11.5 Å². The van der Waals surface area contributed by atoms with E-state index in [0.29, 0.717) is 0 Å². The monoisotopic (exact) mass is 448 g/mol. The summed E-state index contributed by atoms with van der Waals surface area (Å²) in [4.78, 5) is 21.5. The number of allylic oxidation sites excluding steroid dienone is 2. The molecule has 0 atom stereocenters. The van der Waals surface area contributed by atoms with Crippen LogP contribution in [0.25, 0.3) is 0 Å². The number of phosphoric acid groups is 2. The van der Waals surface area contributed by atoms with Crippen LogP contribution in [0.3, 0.4) is 0 Å². The molecule has 0 rings (SSSR count). The first kappa shape index (κ1) is 28.5. The molecule has 0 aromatic rings. The number of carbonyl (C=O) groups excluding carboxylic acids is 2. The van der Waals surface area contributed by atoms with Crippen LogP contribution in [0.15, 0.2) is 23.7 Å². The lowest BCUT2D eigenvalue weighted by molar-refractivity contribution is -0.135. The molecule has 164 valence electrons. The second-order valence-electron chi connectivity index (χ2n) is 4.36. The van der Waals surface area contributed by atoms with Gasteiger partial charge >= 0.3 is 27.6 Å². The van der Waals surface area contributed by atoms with E-state index in [0.717, 1.165) is 12.2 Å². The molecule has 12 nitrogen and oxygen atoms in total. The highest BCUT2D eigenvalue weighted by Gasteiger charge is 2.25. The number of ether oxygens (including phenoxy) is 2. The Kier molecular flexibility index (Phi) is 14.6. The molecule has 0 fully saturated rings. The smallest absolute Gasteiger partial charge is 0.466 e. The summed E-state index contributed by atoms with van der Waals surface area (Å²) in [7, 11) is -0.0138. The van der Waals surface area contributed by atoms with Crippen molar-refractivity contribution >= 4 is 27.6 Å². The quantitative estimate of drug-likeness (QED) is 0.210. The molecule has 0 N–H and O–H groups in total. The molecule has 0 aromatic carbocycles. The molecule has 28 heavy (non-hydrogen) atoms. The number of rotatable bonds is 10. The van der Waals surface area contributed by atoms with Crippen molar-refractivity contribution in [2.24, 2.45) is 0 Å². The molecule has 0 bridgehead atoms. The van der Waals surface area contributed by atoms with Gasteiger partial charge in [0.2, 0.25) is 0 Å². The molecule has 0 aliphatic heterocycles. The van der Waals surface area contributed by atoms with Crippen LogP contribution < -0.4 is 0 Å². The Morgan fingerprint density at radius 2 is 0.857 bits per heavy atom. The highest BCUT2D eigenvalue weighted by Crippen LogP contribution is 2.50. The zero-order valence-corrected chi connectivity index (χ0v) is 18.7. The van der Waals surface area contributed by atoms with Crippen molar-refractivity contribution in [3.8, 4) is 0 Å². The fourth-order valence-corrected chi connectivity index (χ4v) is 2.56. The summed E-state index contributed by atoms with van der Waals surface area (Å²) in [6.07, 6.45) is 2.06. The number of esters is 2. The van der Waals surface area contributed by atoms with Gasteiger partial charge in [-0.3, -0.25) is 18.1 Å². The van der Waals surface area contributed by atoms with Crippen molar-refractivity contribution in [2.75, 3.05) is 42.7 Å². The van der Waals surface area contributed by atoms with Gasteiger partial charge in [0.25, 0.3) is 0 Å². The van der Waals surface area contributed by atoms with Gasteiger partial charge < -0.3 is 18.5 Å². The van der Waals surface area contributed by atoms with E-state index in [1.54, 1.807) is 0 Å². The van der Waals surface area contributed by atoms with Crippen LogP contribution in [0, 0.1) is 0 Å². The van der Waals surface area contributed by atoms with E-state index in [9.17, 15) is 18.7 Å². The first-order valence-corrected chi connectivity index (χ1v) is 10.2. The molecule has 0 radical (unpaired) electrons. The van der Waals surface area contributed by atoms with Gasteiger partial charge in [-0.15, -0.1) is 0 Å². The fraction of sp³-hybridized carbons (Fsp3) is 0.571. The molecule has 14 heteroatoms. The van der Waals surface area contributed by atoms with Gasteiger partial charge in [-0.1, -0.05) is 0 Å². The van der Waals surface area contributed by atoms with Crippen molar-refractivity contribution in [3.05, 3.63) is 23.7 Å². The Bertz CT molecular complexity index is 583. The first-order chi connectivity index (χ1) is 12.9. The zero-order valence-electron chi connectivity index (χ0n) is 16.9. The SMILES string of the molecule is COC(=O)/C=C(/C)OP(=O)(OC)OC.COC(=O)/C=C(/C)OP(=O)(OC)OC. The maximum Gasteiger partial charge on any atom is 0.529 e. The highest BCUT2D eigenvalue weighted by atomic mass is 31.2. The predicted molar refractivity (Wildman–Crippen MR) is 97.0 cm³/mol.